The molecule has 6 nitrogen and oxygen atoms in total. The molecule has 2 rings (SSSR count). The average molecular weight is 305 g/mol. The van der Waals surface area contributed by atoms with Gasteiger partial charge in [0.25, 0.3) is 11.6 Å². The van der Waals surface area contributed by atoms with Crippen molar-refractivity contribution in [1.29, 1.82) is 0 Å². The summed E-state index contributed by atoms with van der Waals surface area (Å²) in [5, 5.41) is 20.4. The largest absolute Gasteiger partial charge is 0.384 e. The van der Waals surface area contributed by atoms with Gasteiger partial charge in [0.2, 0.25) is 0 Å². The second kappa shape index (κ2) is 6.85. The smallest absolute Gasteiger partial charge is 0.270 e. The maximum Gasteiger partial charge on any atom is 0.270 e. The highest BCUT2D eigenvalue weighted by Crippen LogP contribution is 2.24. The molecule has 0 unspecified atom stereocenters. The fraction of sp³-hybridized carbons (Fsp3) is 0.214. The number of carbonyl (C=O) groups excluding carboxylic acids is 1. The third kappa shape index (κ3) is 3.79. The summed E-state index contributed by atoms with van der Waals surface area (Å²) >= 11 is 1.46. The van der Waals surface area contributed by atoms with Gasteiger partial charge in [0, 0.05) is 29.7 Å². The zero-order valence-electron chi connectivity index (χ0n) is 11.5. The summed E-state index contributed by atoms with van der Waals surface area (Å²) in [7, 11) is 0. The van der Waals surface area contributed by atoms with E-state index in [1.807, 2.05) is 12.3 Å². The van der Waals surface area contributed by atoms with Crippen LogP contribution in [-0.2, 0) is 0 Å². The van der Waals surface area contributed by atoms with Crippen molar-refractivity contribution in [2.45, 2.75) is 13.3 Å². The number of thiophene rings is 1. The highest BCUT2D eigenvalue weighted by molar-refractivity contribution is 7.08. The number of rotatable bonds is 6. The van der Waals surface area contributed by atoms with Gasteiger partial charge in [0.15, 0.2) is 0 Å². The van der Waals surface area contributed by atoms with E-state index in [4.69, 9.17) is 0 Å². The van der Waals surface area contributed by atoms with Crippen LogP contribution in [0.5, 0.6) is 0 Å². The highest BCUT2D eigenvalue weighted by atomic mass is 32.1. The van der Waals surface area contributed by atoms with Crippen molar-refractivity contribution < 1.29 is 9.72 Å². The van der Waals surface area contributed by atoms with Crippen molar-refractivity contribution in [2.75, 3.05) is 17.2 Å². The van der Waals surface area contributed by atoms with Crippen LogP contribution in [0.3, 0.4) is 0 Å². The fourth-order valence-electron chi connectivity index (χ4n) is 1.78. The first-order valence-corrected chi connectivity index (χ1v) is 7.42. The molecule has 0 bridgehead atoms. The molecule has 0 aliphatic carbocycles. The van der Waals surface area contributed by atoms with Crippen molar-refractivity contribution in [3.05, 3.63) is 50.7 Å². The van der Waals surface area contributed by atoms with E-state index in [1.54, 1.807) is 17.5 Å². The second-order valence-electron chi connectivity index (χ2n) is 4.38. The Labute approximate surface area is 126 Å². The van der Waals surface area contributed by atoms with Crippen molar-refractivity contribution in [1.82, 2.24) is 0 Å². The van der Waals surface area contributed by atoms with Crippen LogP contribution in [0.2, 0.25) is 0 Å². The summed E-state index contributed by atoms with van der Waals surface area (Å²) in [6.45, 7) is 2.69. The number of hydrogen-bond donors (Lipinski definition) is 2. The molecule has 0 atom stereocenters. The Bertz CT molecular complexity index is 641. The minimum absolute atomic E-state index is 0.104. The van der Waals surface area contributed by atoms with Crippen molar-refractivity contribution in [2.24, 2.45) is 0 Å². The topological polar surface area (TPSA) is 84.3 Å². The molecular formula is C14H15N3O3S. The van der Waals surface area contributed by atoms with Crippen LogP contribution < -0.4 is 10.6 Å². The summed E-state index contributed by atoms with van der Waals surface area (Å²) in [6.07, 6.45) is 0.891. The molecule has 1 heterocycles. The van der Waals surface area contributed by atoms with Crippen molar-refractivity contribution >= 4 is 34.3 Å². The molecule has 0 fully saturated rings. The average Bonchev–Trinajstić information content (AvgIpc) is 2.97. The Hall–Kier alpha value is -2.41. The molecule has 0 aliphatic rings. The lowest BCUT2D eigenvalue weighted by Gasteiger charge is -2.11. The van der Waals surface area contributed by atoms with Crippen molar-refractivity contribution in [3.8, 4) is 0 Å². The van der Waals surface area contributed by atoms with Crippen LogP contribution in [0.25, 0.3) is 0 Å². The number of hydrogen-bond acceptors (Lipinski definition) is 5. The number of nitrogens with one attached hydrogen (secondary N) is 2. The van der Waals surface area contributed by atoms with Crippen LogP contribution in [0.1, 0.15) is 23.7 Å². The number of carbonyl (C=O) groups is 1. The van der Waals surface area contributed by atoms with E-state index < -0.39 is 4.92 Å². The van der Waals surface area contributed by atoms with Gasteiger partial charge >= 0.3 is 0 Å². The first kappa shape index (κ1) is 15.0. The molecule has 0 spiro atoms. The van der Waals surface area contributed by atoms with Gasteiger partial charge in [-0.3, -0.25) is 14.9 Å². The zero-order chi connectivity index (χ0) is 15.2. The number of anilines is 2. The number of nitro benzene ring substituents is 1. The van der Waals surface area contributed by atoms with Gasteiger partial charge in [-0.1, -0.05) is 6.92 Å². The molecule has 21 heavy (non-hydrogen) atoms. The van der Waals surface area contributed by atoms with E-state index in [1.165, 1.54) is 23.5 Å². The molecule has 0 saturated carbocycles. The van der Waals surface area contributed by atoms with Gasteiger partial charge < -0.3 is 10.6 Å². The van der Waals surface area contributed by atoms with Crippen LogP contribution in [0.4, 0.5) is 17.1 Å². The summed E-state index contributed by atoms with van der Waals surface area (Å²) < 4.78 is 0. The predicted molar refractivity (Wildman–Crippen MR) is 84.1 cm³/mol. The molecular weight excluding hydrogens is 290 g/mol. The van der Waals surface area contributed by atoms with E-state index in [2.05, 4.69) is 10.6 Å². The summed E-state index contributed by atoms with van der Waals surface area (Å²) in [5.74, 6) is -0.365. The monoisotopic (exact) mass is 305 g/mol. The first-order valence-electron chi connectivity index (χ1n) is 6.47. The quantitative estimate of drug-likeness (QED) is 0.629. The minimum Gasteiger partial charge on any atom is -0.384 e. The number of nitrogens with zero attached hydrogens (tertiary/aromatic N) is 1. The Kier molecular flexibility index (Phi) is 4.89. The lowest BCUT2D eigenvalue weighted by Crippen LogP contribution is -2.15. The molecule has 0 aliphatic heterocycles. The van der Waals surface area contributed by atoms with Gasteiger partial charge in [-0.05, 0) is 23.9 Å². The Balaban J connectivity index is 2.30. The molecule has 0 radical (unpaired) electrons. The molecule has 110 valence electrons. The number of non-ortho nitro benzene ring substituents is 1. The zero-order valence-corrected chi connectivity index (χ0v) is 12.3. The Morgan fingerprint density at radius 1 is 1.38 bits per heavy atom. The van der Waals surface area contributed by atoms with E-state index in [0.29, 0.717) is 17.9 Å². The molecule has 1 amide bonds. The maximum atomic E-state index is 12.3. The molecule has 2 N–H and O–H groups in total. The molecule has 7 heteroatoms. The lowest BCUT2D eigenvalue weighted by molar-refractivity contribution is -0.384. The molecule has 0 saturated heterocycles. The van der Waals surface area contributed by atoms with Crippen LogP contribution in [0.15, 0.2) is 35.0 Å². The molecule has 1 aromatic carbocycles. The van der Waals surface area contributed by atoms with Crippen LogP contribution in [-0.4, -0.2) is 17.4 Å². The normalized spacial score (nSPS) is 10.1. The van der Waals surface area contributed by atoms with E-state index in [0.717, 1.165) is 6.42 Å². The summed E-state index contributed by atoms with van der Waals surface area (Å²) in [6, 6.07) is 6.02. The van der Waals surface area contributed by atoms with Gasteiger partial charge in [-0.2, -0.15) is 11.3 Å². The SMILES string of the molecule is CCCNc1ccc([N+](=O)[O-])cc1C(=O)Nc1ccsc1. The van der Waals surface area contributed by atoms with E-state index in [-0.39, 0.29) is 17.2 Å². The standard InChI is InChI=1S/C14H15N3O3S/c1-2-6-15-13-4-3-11(17(19)20)8-12(13)14(18)16-10-5-7-21-9-10/h3-5,7-9,15H,2,6H2,1H3,(H,16,18). The van der Waals surface area contributed by atoms with E-state index >= 15 is 0 Å². The predicted octanol–water partition coefficient (Wildman–Crippen LogP) is 3.73. The lowest BCUT2D eigenvalue weighted by atomic mass is 10.1. The van der Waals surface area contributed by atoms with Gasteiger partial charge in [-0.25, -0.2) is 0 Å². The highest BCUT2D eigenvalue weighted by Gasteiger charge is 2.17. The van der Waals surface area contributed by atoms with Crippen LogP contribution >= 0.6 is 11.3 Å². The third-order valence-electron chi connectivity index (χ3n) is 2.80. The van der Waals surface area contributed by atoms with E-state index in [9.17, 15) is 14.9 Å². The maximum absolute atomic E-state index is 12.3. The van der Waals surface area contributed by atoms with Gasteiger partial charge in [-0.15, -0.1) is 0 Å². The van der Waals surface area contributed by atoms with Gasteiger partial charge in [0.05, 0.1) is 16.2 Å². The van der Waals surface area contributed by atoms with Gasteiger partial charge in [0.1, 0.15) is 0 Å². The second-order valence-corrected chi connectivity index (χ2v) is 5.16. The number of nitro groups is 1. The minimum atomic E-state index is -0.509. The Morgan fingerprint density at radius 3 is 2.81 bits per heavy atom. The number of benzene rings is 1. The fourth-order valence-corrected chi connectivity index (χ4v) is 2.37. The molecule has 1 aromatic heterocycles. The molecule has 2 aromatic rings. The number of amides is 1. The summed E-state index contributed by atoms with van der Waals surface area (Å²) in [5.41, 5.74) is 1.43. The first-order chi connectivity index (χ1) is 10.1. The summed E-state index contributed by atoms with van der Waals surface area (Å²) in [4.78, 5) is 22.7. The Morgan fingerprint density at radius 2 is 2.19 bits per heavy atom. The van der Waals surface area contributed by atoms with Crippen LogP contribution in [0, 0.1) is 10.1 Å². The third-order valence-corrected chi connectivity index (χ3v) is 3.49. The van der Waals surface area contributed by atoms with Crippen molar-refractivity contribution in [3.63, 3.8) is 0 Å².